The first-order valence-electron chi connectivity index (χ1n) is 7.04. The molecular formula is C15H11FN6O. The largest absolute Gasteiger partial charge is 0.297 e. The van der Waals surface area contributed by atoms with Gasteiger partial charge in [0.05, 0.1) is 6.20 Å². The van der Waals surface area contributed by atoms with Crippen molar-refractivity contribution in [3.05, 3.63) is 53.0 Å². The minimum absolute atomic E-state index is 0.163. The number of hydrogen-bond donors (Lipinski definition) is 0. The molecule has 0 saturated carbocycles. The first-order valence-corrected chi connectivity index (χ1v) is 7.04. The van der Waals surface area contributed by atoms with Crippen molar-refractivity contribution in [2.75, 3.05) is 0 Å². The van der Waals surface area contributed by atoms with Crippen LogP contribution in [0.15, 0.2) is 41.6 Å². The fourth-order valence-corrected chi connectivity index (χ4v) is 2.46. The van der Waals surface area contributed by atoms with Crippen LogP contribution in [0.2, 0.25) is 0 Å². The first kappa shape index (κ1) is 13.5. The van der Waals surface area contributed by atoms with Crippen LogP contribution < -0.4 is 5.56 Å². The molecule has 0 unspecified atom stereocenters. The van der Waals surface area contributed by atoms with Crippen LogP contribution in [0.25, 0.3) is 27.9 Å². The SMILES string of the molecule is CCn1cnc2c(nnc3c(-c4ccc(F)cc4)cnn32)c1=O. The maximum atomic E-state index is 13.1. The van der Waals surface area contributed by atoms with Gasteiger partial charge in [-0.15, -0.1) is 10.2 Å². The van der Waals surface area contributed by atoms with E-state index < -0.39 is 0 Å². The summed E-state index contributed by atoms with van der Waals surface area (Å²) in [4.78, 5) is 16.5. The van der Waals surface area contributed by atoms with Crippen molar-refractivity contribution in [3.63, 3.8) is 0 Å². The number of halogens is 1. The van der Waals surface area contributed by atoms with Crippen molar-refractivity contribution < 1.29 is 4.39 Å². The number of rotatable bonds is 2. The molecule has 0 radical (unpaired) electrons. The zero-order valence-electron chi connectivity index (χ0n) is 12.1. The Balaban J connectivity index is 2.01. The molecule has 0 amide bonds. The van der Waals surface area contributed by atoms with E-state index in [9.17, 15) is 9.18 Å². The van der Waals surface area contributed by atoms with Gasteiger partial charge in [-0.25, -0.2) is 9.37 Å². The number of fused-ring (bicyclic) bond motifs is 3. The van der Waals surface area contributed by atoms with Gasteiger partial charge in [-0.3, -0.25) is 9.36 Å². The predicted octanol–water partition coefficient (Wildman–Crippen LogP) is 1.66. The fourth-order valence-electron chi connectivity index (χ4n) is 2.46. The highest BCUT2D eigenvalue weighted by molar-refractivity contribution is 5.80. The molecule has 0 N–H and O–H groups in total. The minimum Gasteiger partial charge on any atom is -0.297 e. The van der Waals surface area contributed by atoms with E-state index in [1.165, 1.54) is 27.5 Å². The van der Waals surface area contributed by atoms with E-state index in [1.807, 2.05) is 6.92 Å². The molecule has 4 rings (SSSR count). The molecule has 0 aliphatic carbocycles. The molecule has 0 bridgehead atoms. The Morgan fingerprint density at radius 3 is 2.65 bits per heavy atom. The Kier molecular flexibility index (Phi) is 2.90. The quantitative estimate of drug-likeness (QED) is 0.562. The molecule has 7 nitrogen and oxygen atoms in total. The Morgan fingerprint density at radius 1 is 1.13 bits per heavy atom. The molecule has 0 aliphatic heterocycles. The summed E-state index contributed by atoms with van der Waals surface area (Å²) in [5, 5.41) is 12.4. The van der Waals surface area contributed by atoms with Gasteiger partial charge in [-0.05, 0) is 24.6 Å². The third-order valence-corrected chi connectivity index (χ3v) is 3.68. The number of aromatic nitrogens is 6. The predicted molar refractivity (Wildman–Crippen MR) is 81.4 cm³/mol. The second-order valence-electron chi connectivity index (χ2n) is 5.01. The van der Waals surface area contributed by atoms with Crippen molar-refractivity contribution in [2.45, 2.75) is 13.5 Å². The van der Waals surface area contributed by atoms with Gasteiger partial charge in [0.25, 0.3) is 5.56 Å². The Hall–Kier alpha value is -3.16. The van der Waals surface area contributed by atoms with Gasteiger partial charge in [0.15, 0.2) is 16.8 Å². The highest BCUT2D eigenvalue weighted by atomic mass is 19.1. The molecule has 1 aromatic carbocycles. The second kappa shape index (κ2) is 4.94. The summed E-state index contributed by atoms with van der Waals surface area (Å²) >= 11 is 0. The molecule has 114 valence electrons. The van der Waals surface area contributed by atoms with Crippen LogP contribution in [0.4, 0.5) is 4.39 Å². The van der Waals surface area contributed by atoms with Crippen LogP contribution >= 0.6 is 0 Å². The highest BCUT2D eigenvalue weighted by Gasteiger charge is 2.14. The standard InChI is InChI=1S/C15H11FN6O/c1-2-21-8-17-14-12(15(21)23)19-20-13-11(7-18-22(13)14)9-3-5-10(16)6-4-9/h3-8H,2H2,1H3. The van der Waals surface area contributed by atoms with E-state index in [0.717, 1.165) is 5.56 Å². The second-order valence-corrected chi connectivity index (χ2v) is 5.01. The van der Waals surface area contributed by atoms with E-state index >= 15 is 0 Å². The Bertz CT molecular complexity index is 1080. The van der Waals surface area contributed by atoms with E-state index in [1.54, 1.807) is 18.3 Å². The van der Waals surface area contributed by atoms with Gasteiger partial charge in [0.2, 0.25) is 0 Å². The summed E-state index contributed by atoms with van der Waals surface area (Å²) in [7, 11) is 0. The lowest BCUT2D eigenvalue weighted by atomic mass is 10.1. The van der Waals surface area contributed by atoms with Gasteiger partial charge in [-0.2, -0.15) is 9.61 Å². The molecule has 0 saturated heterocycles. The zero-order valence-corrected chi connectivity index (χ0v) is 12.1. The van der Waals surface area contributed by atoms with Crippen molar-refractivity contribution in [1.29, 1.82) is 0 Å². The number of aryl methyl sites for hydroxylation is 1. The molecule has 0 fully saturated rings. The van der Waals surface area contributed by atoms with Gasteiger partial charge >= 0.3 is 0 Å². The first-order chi connectivity index (χ1) is 11.2. The molecule has 3 aromatic heterocycles. The monoisotopic (exact) mass is 310 g/mol. The van der Waals surface area contributed by atoms with Crippen LogP contribution in [0.5, 0.6) is 0 Å². The Morgan fingerprint density at radius 2 is 1.91 bits per heavy atom. The van der Waals surface area contributed by atoms with E-state index in [2.05, 4.69) is 20.3 Å². The maximum absolute atomic E-state index is 13.1. The van der Waals surface area contributed by atoms with E-state index in [-0.39, 0.29) is 16.9 Å². The molecule has 0 spiro atoms. The third kappa shape index (κ3) is 1.99. The van der Waals surface area contributed by atoms with Crippen LogP contribution in [-0.2, 0) is 6.54 Å². The minimum atomic E-state index is -0.316. The summed E-state index contributed by atoms with van der Waals surface area (Å²) in [6.07, 6.45) is 3.06. The summed E-state index contributed by atoms with van der Waals surface area (Å²) in [6.45, 7) is 2.35. The average Bonchev–Trinajstić information content (AvgIpc) is 3.00. The average molecular weight is 310 g/mol. The lowest BCUT2D eigenvalue weighted by Crippen LogP contribution is -2.22. The molecule has 23 heavy (non-hydrogen) atoms. The van der Waals surface area contributed by atoms with Gasteiger partial charge in [-0.1, -0.05) is 12.1 Å². The smallest absolute Gasteiger partial charge is 0.283 e. The summed E-state index contributed by atoms with van der Waals surface area (Å²) in [5.74, 6) is -0.316. The molecule has 8 heteroatoms. The van der Waals surface area contributed by atoms with Crippen molar-refractivity contribution in [1.82, 2.24) is 29.4 Å². The summed E-state index contributed by atoms with van der Waals surface area (Å²) < 4.78 is 16.0. The van der Waals surface area contributed by atoms with Crippen LogP contribution in [0.1, 0.15) is 6.92 Å². The van der Waals surface area contributed by atoms with Crippen LogP contribution in [0, 0.1) is 5.82 Å². The van der Waals surface area contributed by atoms with Crippen molar-refractivity contribution >= 4 is 16.8 Å². The topological polar surface area (TPSA) is 78.0 Å². The normalized spacial score (nSPS) is 11.4. The zero-order chi connectivity index (χ0) is 16.0. The molecule has 4 aromatic rings. The lowest BCUT2D eigenvalue weighted by molar-refractivity contribution is 0.628. The van der Waals surface area contributed by atoms with Crippen molar-refractivity contribution in [3.8, 4) is 11.1 Å². The van der Waals surface area contributed by atoms with Crippen LogP contribution in [0.3, 0.4) is 0 Å². The van der Waals surface area contributed by atoms with Gasteiger partial charge in [0.1, 0.15) is 12.1 Å². The molecule has 0 aliphatic rings. The molecular weight excluding hydrogens is 299 g/mol. The van der Waals surface area contributed by atoms with Gasteiger partial charge < -0.3 is 0 Å². The number of nitrogens with zero attached hydrogens (tertiary/aromatic N) is 6. The number of hydrogen-bond acceptors (Lipinski definition) is 5. The third-order valence-electron chi connectivity index (χ3n) is 3.68. The molecule has 0 atom stereocenters. The van der Waals surface area contributed by atoms with E-state index in [4.69, 9.17) is 0 Å². The summed E-state index contributed by atoms with van der Waals surface area (Å²) in [5.41, 5.74) is 2.17. The maximum Gasteiger partial charge on any atom is 0.283 e. The molecule has 3 heterocycles. The summed E-state index contributed by atoms with van der Waals surface area (Å²) in [6, 6.07) is 6.01. The van der Waals surface area contributed by atoms with Gasteiger partial charge in [0, 0.05) is 12.1 Å². The highest BCUT2D eigenvalue weighted by Crippen LogP contribution is 2.24. The lowest BCUT2D eigenvalue weighted by Gasteiger charge is -2.03. The fraction of sp³-hybridized carbons (Fsp3) is 0.133. The van der Waals surface area contributed by atoms with Crippen LogP contribution in [-0.4, -0.2) is 29.4 Å². The van der Waals surface area contributed by atoms with E-state index in [0.29, 0.717) is 23.4 Å². The number of benzene rings is 1. The van der Waals surface area contributed by atoms with Crippen molar-refractivity contribution in [2.24, 2.45) is 0 Å². The Labute approximate surface area is 129 Å².